The van der Waals surface area contributed by atoms with Gasteiger partial charge >= 0.3 is 0 Å². The maximum Gasteiger partial charge on any atom is 0.194 e. The second kappa shape index (κ2) is 3.90. The van der Waals surface area contributed by atoms with Crippen LogP contribution in [0.3, 0.4) is 0 Å². The zero-order valence-corrected chi connectivity index (χ0v) is 8.44. The number of aryl methyl sites for hydroxylation is 3. The molecule has 0 spiro atoms. The maximum atomic E-state index is 5.38. The fourth-order valence-electron chi connectivity index (χ4n) is 0.864. The molecule has 62 valence electrons. The Kier molecular flexibility index (Phi) is 3.12. The predicted octanol–water partition coefficient (Wildman–Crippen LogP) is 2.62. The summed E-state index contributed by atoms with van der Waals surface area (Å²) in [5.41, 5.74) is 1.01. The highest BCUT2D eigenvalue weighted by Crippen LogP contribution is 2.10. The van der Waals surface area contributed by atoms with E-state index in [-0.39, 0.29) is 0 Å². The molecular formula is C8H12BrNO. The first-order valence-electron chi connectivity index (χ1n) is 3.73. The summed E-state index contributed by atoms with van der Waals surface area (Å²) in [6, 6.07) is 0. The van der Waals surface area contributed by atoms with Gasteiger partial charge < -0.3 is 4.42 Å². The third-order valence-electron chi connectivity index (χ3n) is 1.60. The largest absolute Gasteiger partial charge is 0.446 e. The Morgan fingerprint density at radius 3 is 2.64 bits per heavy atom. The molecule has 0 bridgehead atoms. The minimum absolute atomic E-state index is 0.861. The van der Waals surface area contributed by atoms with Gasteiger partial charge in [-0.25, -0.2) is 4.98 Å². The molecule has 0 N–H and O–H groups in total. The van der Waals surface area contributed by atoms with Gasteiger partial charge in [-0.2, -0.15) is 0 Å². The fraction of sp³-hybridized carbons (Fsp3) is 0.625. The van der Waals surface area contributed by atoms with Gasteiger partial charge in [-0.05, 0) is 20.3 Å². The monoisotopic (exact) mass is 217 g/mol. The minimum Gasteiger partial charge on any atom is -0.446 e. The van der Waals surface area contributed by atoms with Crippen molar-refractivity contribution in [3.05, 3.63) is 17.3 Å². The van der Waals surface area contributed by atoms with E-state index < -0.39 is 0 Å². The first-order valence-corrected chi connectivity index (χ1v) is 4.85. The van der Waals surface area contributed by atoms with Crippen LogP contribution in [0.25, 0.3) is 0 Å². The third kappa shape index (κ3) is 2.33. The van der Waals surface area contributed by atoms with Crippen LogP contribution in [0.4, 0.5) is 0 Å². The molecule has 0 saturated heterocycles. The Morgan fingerprint density at radius 2 is 2.18 bits per heavy atom. The van der Waals surface area contributed by atoms with Gasteiger partial charge in [0.15, 0.2) is 5.89 Å². The van der Waals surface area contributed by atoms with Crippen molar-refractivity contribution in [2.24, 2.45) is 0 Å². The summed E-state index contributed by atoms with van der Waals surface area (Å²) in [6.07, 6.45) is 2.01. The molecule has 0 saturated carbocycles. The van der Waals surface area contributed by atoms with E-state index in [1.807, 2.05) is 13.8 Å². The molecule has 0 fully saturated rings. The van der Waals surface area contributed by atoms with Crippen LogP contribution in [0.15, 0.2) is 4.42 Å². The Labute approximate surface area is 75.1 Å². The van der Waals surface area contributed by atoms with Crippen LogP contribution in [0, 0.1) is 13.8 Å². The molecule has 0 amide bonds. The summed E-state index contributed by atoms with van der Waals surface area (Å²) in [7, 11) is 0. The average Bonchev–Trinajstić information content (AvgIpc) is 2.28. The minimum atomic E-state index is 0.861. The van der Waals surface area contributed by atoms with Gasteiger partial charge in [0.1, 0.15) is 5.76 Å². The van der Waals surface area contributed by atoms with Crippen molar-refractivity contribution in [1.82, 2.24) is 4.98 Å². The topological polar surface area (TPSA) is 26.0 Å². The lowest BCUT2D eigenvalue weighted by atomic mass is 10.3. The summed E-state index contributed by atoms with van der Waals surface area (Å²) in [5, 5.41) is 1.01. The first kappa shape index (κ1) is 8.78. The van der Waals surface area contributed by atoms with Crippen molar-refractivity contribution in [2.75, 3.05) is 5.33 Å². The van der Waals surface area contributed by atoms with Crippen LogP contribution in [0.2, 0.25) is 0 Å². The Hall–Kier alpha value is -0.310. The SMILES string of the molecule is Cc1nc(CCCBr)oc1C. The van der Waals surface area contributed by atoms with Crippen molar-refractivity contribution >= 4 is 15.9 Å². The van der Waals surface area contributed by atoms with Crippen LogP contribution in [0.1, 0.15) is 23.8 Å². The zero-order valence-electron chi connectivity index (χ0n) is 6.85. The zero-order chi connectivity index (χ0) is 8.27. The molecule has 1 aromatic heterocycles. The van der Waals surface area contributed by atoms with E-state index in [9.17, 15) is 0 Å². The van der Waals surface area contributed by atoms with E-state index in [2.05, 4.69) is 20.9 Å². The second-order valence-electron chi connectivity index (χ2n) is 2.54. The lowest BCUT2D eigenvalue weighted by Crippen LogP contribution is -1.85. The number of oxazole rings is 1. The number of halogens is 1. The van der Waals surface area contributed by atoms with Crippen molar-refractivity contribution in [1.29, 1.82) is 0 Å². The Balaban J connectivity index is 2.58. The molecule has 1 rings (SSSR count). The van der Waals surface area contributed by atoms with E-state index in [1.54, 1.807) is 0 Å². The van der Waals surface area contributed by atoms with Crippen LogP contribution in [-0.4, -0.2) is 10.3 Å². The molecule has 2 nitrogen and oxygen atoms in total. The molecule has 0 atom stereocenters. The van der Waals surface area contributed by atoms with Crippen LogP contribution >= 0.6 is 15.9 Å². The van der Waals surface area contributed by atoms with E-state index >= 15 is 0 Å². The molecule has 0 unspecified atom stereocenters. The maximum absolute atomic E-state index is 5.38. The van der Waals surface area contributed by atoms with E-state index in [0.29, 0.717) is 0 Å². The van der Waals surface area contributed by atoms with E-state index in [4.69, 9.17) is 4.42 Å². The molecule has 1 aromatic rings. The predicted molar refractivity (Wildman–Crippen MR) is 48.1 cm³/mol. The van der Waals surface area contributed by atoms with E-state index in [0.717, 1.165) is 35.5 Å². The summed E-state index contributed by atoms with van der Waals surface area (Å²) >= 11 is 3.36. The van der Waals surface area contributed by atoms with Gasteiger partial charge in [-0.15, -0.1) is 0 Å². The number of nitrogens with zero attached hydrogens (tertiary/aromatic N) is 1. The van der Waals surface area contributed by atoms with Gasteiger partial charge in [0, 0.05) is 11.8 Å². The van der Waals surface area contributed by atoms with Crippen LogP contribution in [0.5, 0.6) is 0 Å². The third-order valence-corrected chi connectivity index (χ3v) is 2.16. The lowest BCUT2D eigenvalue weighted by Gasteiger charge is -1.88. The molecule has 0 aliphatic heterocycles. The molecular weight excluding hydrogens is 206 g/mol. The smallest absolute Gasteiger partial charge is 0.194 e. The normalized spacial score (nSPS) is 10.5. The molecule has 0 aliphatic carbocycles. The highest BCUT2D eigenvalue weighted by atomic mass is 79.9. The second-order valence-corrected chi connectivity index (χ2v) is 3.33. The van der Waals surface area contributed by atoms with Crippen molar-refractivity contribution < 1.29 is 4.42 Å². The summed E-state index contributed by atoms with van der Waals surface area (Å²) in [5.74, 6) is 1.80. The molecule has 3 heteroatoms. The highest BCUT2D eigenvalue weighted by Gasteiger charge is 2.03. The highest BCUT2D eigenvalue weighted by molar-refractivity contribution is 9.09. The number of hydrogen-bond donors (Lipinski definition) is 0. The number of aromatic nitrogens is 1. The van der Waals surface area contributed by atoms with Crippen LogP contribution < -0.4 is 0 Å². The first-order chi connectivity index (χ1) is 5.24. The Morgan fingerprint density at radius 1 is 1.45 bits per heavy atom. The quantitative estimate of drug-likeness (QED) is 0.729. The summed E-state index contributed by atoms with van der Waals surface area (Å²) in [6.45, 7) is 3.91. The van der Waals surface area contributed by atoms with Gasteiger partial charge in [-0.3, -0.25) is 0 Å². The number of alkyl halides is 1. The number of rotatable bonds is 3. The van der Waals surface area contributed by atoms with Crippen LogP contribution in [-0.2, 0) is 6.42 Å². The fourth-order valence-corrected chi connectivity index (χ4v) is 1.14. The molecule has 0 radical (unpaired) electrons. The lowest BCUT2D eigenvalue weighted by molar-refractivity contribution is 0.468. The van der Waals surface area contributed by atoms with Gasteiger partial charge in [-0.1, -0.05) is 15.9 Å². The van der Waals surface area contributed by atoms with E-state index in [1.165, 1.54) is 0 Å². The molecule has 0 aliphatic rings. The van der Waals surface area contributed by atoms with Crippen molar-refractivity contribution in [3.8, 4) is 0 Å². The summed E-state index contributed by atoms with van der Waals surface area (Å²) in [4.78, 5) is 4.26. The Bertz CT molecular complexity index is 212. The molecule has 11 heavy (non-hydrogen) atoms. The summed E-state index contributed by atoms with van der Waals surface area (Å²) < 4.78 is 5.38. The molecule has 0 aromatic carbocycles. The van der Waals surface area contributed by atoms with Gasteiger partial charge in [0.05, 0.1) is 5.69 Å². The average molecular weight is 218 g/mol. The molecule has 1 heterocycles. The van der Waals surface area contributed by atoms with Gasteiger partial charge in [0.2, 0.25) is 0 Å². The van der Waals surface area contributed by atoms with Crippen molar-refractivity contribution in [2.45, 2.75) is 26.7 Å². The van der Waals surface area contributed by atoms with Crippen molar-refractivity contribution in [3.63, 3.8) is 0 Å². The standard InChI is InChI=1S/C8H12BrNO/c1-6-7(2)11-8(10-6)4-3-5-9/h3-5H2,1-2H3. The van der Waals surface area contributed by atoms with Gasteiger partial charge in [0.25, 0.3) is 0 Å². The number of hydrogen-bond acceptors (Lipinski definition) is 2.